The van der Waals surface area contributed by atoms with E-state index in [1.54, 1.807) is 15.9 Å². The van der Waals surface area contributed by atoms with Gasteiger partial charge in [0.2, 0.25) is 5.91 Å². The number of anilines is 1. The number of rotatable bonds is 6. The number of hydrogen-bond acceptors (Lipinski definition) is 5. The Kier molecular flexibility index (Phi) is 5.61. The van der Waals surface area contributed by atoms with Gasteiger partial charge in [-0.3, -0.25) is 14.2 Å². The van der Waals surface area contributed by atoms with Crippen LogP contribution >= 0.6 is 23.1 Å². The number of hydrogen-bond donors (Lipinski definition) is 1. The summed E-state index contributed by atoms with van der Waals surface area (Å²) in [6, 6.07) is 7.67. The van der Waals surface area contributed by atoms with E-state index >= 15 is 0 Å². The molecule has 2 heterocycles. The summed E-state index contributed by atoms with van der Waals surface area (Å²) in [5.41, 5.74) is 3.85. The summed E-state index contributed by atoms with van der Waals surface area (Å²) in [4.78, 5) is 32.6. The van der Waals surface area contributed by atoms with Gasteiger partial charge in [-0.25, -0.2) is 4.98 Å². The molecular weight excluding hydrogens is 402 g/mol. The second kappa shape index (κ2) is 8.16. The van der Waals surface area contributed by atoms with E-state index in [1.165, 1.54) is 22.2 Å². The van der Waals surface area contributed by atoms with Crippen molar-refractivity contribution in [1.29, 1.82) is 0 Å². The zero-order chi connectivity index (χ0) is 20.5. The molecule has 0 atom stereocenters. The van der Waals surface area contributed by atoms with E-state index < -0.39 is 0 Å². The first-order valence-electron chi connectivity index (χ1n) is 9.62. The van der Waals surface area contributed by atoms with Crippen molar-refractivity contribution in [3.63, 3.8) is 0 Å². The average Bonchev–Trinajstić information content (AvgIpc) is 3.25. The minimum Gasteiger partial charge on any atom is -0.325 e. The van der Waals surface area contributed by atoms with Crippen LogP contribution in [0.1, 0.15) is 29.3 Å². The number of nitrogens with zero attached hydrogens (tertiary/aromatic N) is 2. The Hall–Kier alpha value is -2.38. The Morgan fingerprint density at radius 1 is 1.34 bits per heavy atom. The Labute approximate surface area is 177 Å². The number of benzene rings is 1. The van der Waals surface area contributed by atoms with Crippen LogP contribution in [0.4, 0.5) is 5.69 Å². The molecule has 4 rings (SSSR count). The molecule has 0 unspecified atom stereocenters. The summed E-state index contributed by atoms with van der Waals surface area (Å²) in [6.45, 7) is 8.22. The Bertz CT molecular complexity index is 1180. The molecule has 0 saturated carbocycles. The number of carbonyl (C=O) groups is 1. The number of nitrogens with one attached hydrogen (secondary N) is 1. The fourth-order valence-electron chi connectivity index (χ4n) is 3.61. The number of thiophene rings is 1. The van der Waals surface area contributed by atoms with Gasteiger partial charge in [0.05, 0.1) is 11.1 Å². The van der Waals surface area contributed by atoms with Crippen LogP contribution < -0.4 is 10.9 Å². The van der Waals surface area contributed by atoms with Crippen LogP contribution in [0, 0.1) is 6.92 Å². The van der Waals surface area contributed by atoms with Crippen LogP contribution in [0.15, 0.2) is 46.4 Å². The van der Waals surface area contributed by atoms with Crippen LogP contribution in [0.25, 0.3) is 10.2 Å². The van der Waals surface area contributed by atoms with Crippen LogP contribution in [0.2, 0.25) is 0 Å². The SMILES string of the molecule is C=C(C)Cn1c(SCC(=O)Nc2ccccc2C)nc2sc3c(c2c1=O)CCC3. The predicted molar refractivity (Wildman–Crippen MR) is 121 cm³/mol. The lowest BCUT2D eigenvalue weighted by Gasteiger charge is -2.13. The summed E-state index contributed by atoms with van der Waals surface area (Å²) >= 11 is 2.92. The van der Waals surface area contributed by atoms with Crippen molar-refractivity contribution in [2.45, 2.75) is 44.8 Å². The summed E-state index contributed by atoms with van der Waals surface area (Å²) in [5.74, 6) is 0.0716. The van der Waals surface area contributed by atoms with Gasteiger partial charge in [-0.2, -0.15) is 0 Å². The van der Waals surface area contributed by atoms with Gasteiger partial charge in [-0.15, -0.1) is 11.3 Å². The number of thioether (sulfide) groups is 1. The normalized spacial score (nSPS) is 12.9. The number of aryl methyl sites for hydroxylation is 3. The van der Waals surface area contributed by atoms with Crippen LogP contribution in [-0.2, 0) is 24.2 Å². The Morgan fingerprint density at radius 2 is 2.14 bits per heavy atom. The van der Waals surface area contributed by atoms with E-state index in [2.05, 4.69) is 11.9 Å². The molecule has 5 nitrogen and oxygen atoms in total. The molecule has 0 saturated heterocycles. The zero-order valence-corrected chi connectivity index (χ0v) is 18.2. The molecule has 1 amide bonds. The van der Waals surface area contributed by atoms with Gasteiger partial charge in [-0.05, 0) is 50.3 Å². The van der Waals surface area contributed by atoms with Crippen molar-refractivity contribution < 1.29 is 4.79 Å². The third-order valence-corrected chi connectivity index (χ3v) is 7.13. The molecule has 3 aromatic rings. The third kappa shape index (κ3) is 4.02. The average molecular weight is 426 g/mol. The van der Waals surface area contributed by atoms with Crippen molar-refractivity contribution >= 4 is 44.9 Å². The number of para-hydroxylation sites is 1. The quantitative estimate of drug-likeness (QED) is 0.357. The van der Waals surface area contributed by atoms with E-state index in [0.29, 0.717) is 11.7 Å². The number of amides is 1. The highest BCUT2D eigenvalue weighted by Gasteiger charge is 2.23. The van der Waals surface area contributed by atoms with E-state index in [1.807, 2.05) is 38.1 Å². The lowest BCUT2D eigenvalue weighted by molar-refractivity contribution is -0.113. The molecule has 1 aliphatic carbocycles. The topological polar surface area (TPSA) is 64.0 Å². The predicted octanol–water partition coefficient (Wildman–Crippen LogP) is 4.56. The zero-order valence-electron chi connectivity index (χ0n) is 16.6. The minimum atomic E-state index is -0.116. The first-order valence-corrected chi connectivity index (χ1v) is 11.4. The molecular formula is C22H23N3O2S2. The molecule has 0 aliphatic heterocycles. The van der Waals surface area contributed by atoms with Crippen molar-refractivity contribution in [3.8, 4) is 0 Å². The van der Waals surface area contributed by atoms with E-state index in [-0.39, 0.29) is 17.2 Å². The first kappa shape index (κ1) is 19.9. The molecule has 29 heavy (non-hydrogen) atoms. The number of allylic oxidation sites excluding steroid dienone is 1. The van der Waals surface area contributed by atoms with Crippen molar-refractivity contribution in [2.75, 3.05) is 11.1 Å². The lowest BCUT2D eigenvalue weighted by atomic mass is 10.2. The molecule has 0 fully saturated rings. The molecule has 1 aromatic carbocycles. The fraction of sp³-hybridized carbons (Fsp3) is 0.318. The summed E-state index contributed by atoms with van der Waals surface area (Å²) in [7, 11) is 0. The molecule has 0 radical (unpaired) electrons. The maximum atomic E-state index is 13.3. The van der Waals surface area contributed by atoms with Gasteiger partial charge in [0.15, 0.2) is 5.16 Å². The second-order valence-electron chi connectivity index (χ2n) is 7.43. The van der Waals surface area contributed by atoms with Crippen LogP contribution in [0.3, 0.4) is 0 Å². The van der Waals surface area contributed by atoms with Crippen molar-refractivity contribution in [1.82, 2.24) is 9.55 Å². The summed E-state index contributed by atoms with van der Waals surface area (Å²) in [6.07, 6.45) is 3.08. The highest BCUT2D eigenvalue weighted by atomic mass is 32.2. The van der Waals surface area contributed by atoms with E-state index in [4.69, 9.17) is 4.98 Å². The fourth-order valence-corrected chi connectivity index (χ4v) is 5.71. The highest BCUT2D eigenvalue weighted by Crippen LogP contribution is 2.35. The Balaban J connectivity index is 1.62. The van der Waals surface area contributed by atoms with Gasteiger partial charge >= 0.3 is 0 Å². The molecule has 0 spiro atoms. The monoisotopic (exact) mass is 425 g/mol. The first-order chi connectivity index (χ1) is 13.9. The minimum absolute atomic E-state index is 0.0146. The summed E-state index contributed by atoms with van der Waals surface area (Å²) in [5, 5.41) is 4.27. The molecule has 150 valence electrons. The number of fused-ring (bicyclic) bond motifs is 3. The van der Waals surface area contributed by atoms with Crippen molar-refractivity contribution in [2.24, 2.45) is 0 Å². The van der Waals surface area contributed by atoms with E-state index in [0.717, 1.165) is 46.3 Å². The molecule has 2 aromatic heterocycles. The van der Waals surface area contributed by atoms with Gasteiger partial charge < -0.3 is 5.32 Å². The Morgan fingerprint density at radius 3 is 2.90 bits per heavy atom. The van der Waals surface area contributed by atoms with E-state index in [9.17, 15) is 9.59 Å². The standard InChI is InChI=1S/C22H23N3O2S2/c1-13(2)11-25-21(27)19-15-8-6-10-17(15)29-20(19)24-22(25)28-12-18(26)23-16-9-5-4-7-14(16)3/h4-5,7,9H,1,6,8,10-12H2,2-3H3,(H,23,26). The number of carbonyl (C=O) groups excluding carboxylic acids is 1. The second-order valence-corrected chi connectivity index (χ2v) is 9.46. The molecule has 7 heteroatoms. The lowest BCUT2D eigenvalue weighted by Crippen LogP contribution is -2.24. The van der Waals surface area contributed by atoms with Crippen LogP contribution in [0.5, 0.6) is 0 Å². The molecule has 1 N–H and O–H groups in total. The highest BCUT2D eigenvalue weighted by molar-refractivity contribution is 7.99. The van der Waals surface area contributed by atoms with Gasteiger partial charge in [0.1, 0.15) is 4.83 Å². The largest absolute Gasteiger partial charge is 0.325 e. The van der Waals surface area contributed by atoms with Crippen molar-refractivity contribution in [3.05, 3.63) is 62.8 Å². The maximum absolute atomic E-state index is 13.3. The third-order valence-electron chi connectivity index (χ3n) is 4.97. The summed E-state index contributed by atoms with van der Waals surface area (Å²) < 4.78 is 1.67. The molecule has 1 aliphatic rings. The van der Waals surface area contributed by atoms with Gasteiger partial charge in [0.25, 0.3) is 5.56 Å². The van der Waals surface area contributed by atoms with Crippen LogP contribution in [-0.4, -0.2) is 21.2 Å². The maximum Gasteiger partial charge on any atom is 0.263 e. The number of aromatic nitrogens is 2. The van der Waals surface area contributed by atoms with Gasteiger partial charge in [-0.1, -0.05) is 42.1 Å². The molecule has 0 bridgehead atoms. The van der Waals surface area contributed by atoms with Gasteiger partial charge in [0, 0.05) is 17.1 Å². The smallest absolute Gasteiger partial charge is 0.263 e.